The van der Waals surface area contributed by atoms with Gasteiger partial charge in [0.1, 0.15) is 0 Å². The number of thiocarbonyl (C=S) groups is 1. The lowest BCUT2D eigenvalue weighted by Crippen LogP contribution is -2.41. The summed E-state index contributed by atoms with van der Waals surface area (Å²) in [5.41, 5.74) is 0. The molecule has 0 aromatic heterocycles. The third-order valence-electron chi connectivity index (χ3n) is 2.95. The van der Waals surface area contributed by atoms with E-state index < -0.39 is 0 Å². The molecule has 0 aromatic rings. The van der Waals surface area contributed by atoms with Gasteiger partial charge in [0.2, 0.25) is 0 Å². The first-order valence-corrected chi connectivity index (χ1v) is 6.78. The number of rotatable bonds is 4. The summed E-state index contributed by atoms with van der Waals surface area (Å²) < 4.78 is 0. The quantitative estimate of drug-likeness (QED) is 0.598. The van der Waals surface area contributed by atoms with Gasteiger partial charge in [0, 0.05) is 19.6 Å². The Morgan fingerprint density at radius 1 is 1.19 bits per heavy atom. The van der Waals surface area contributed by atoms with E-state index in [1.165, 1.54) is 25.7 Å². The van der Waals surface area contributed by atoms with E-state index in [4.69, 9.17) is 12.2 Å². The Morgan fingerprint density at radius 3 is 2.38 bits per heavy atom. The van der Waals surface area contributed by atoms with E-state index in [1.807, 2.05) is 0 Å². The predicted octanol–water partition coefficient (Wildman–Crippen LogP) is 1.69. The first-order chi connectivity index (χ1) is 7.70. The van der Waals surface area contributed by atoms with Crippen LogP contribution in [0.4, 0.5) is 0 Å². The summed E-state index contributed by atoms with van der Waals surface area (Å²) in [5.74, 6) is 0. The van der Waals surface area contributed by atoms with Gasteiger partial charge in [-0.1, -0.05) is 12.8 Å². The van der Waals surface area contributed by atoms with Crippen molar-refractivity contribution in [3.63, 3.8) is 0 Å². The van der Waals surface area contributed by atoms with E-state index in [1.54, 1.807) is 0 Å². The topological polar surface area (TPSA) is 18.5 Å². The molecule has 1 aliphatic heterocycles. The van der Waals surface area contributed by atoms with E-state index in [2.05, 4.69) is 29.2 Å². The van der Waals surface area contributed by atoms with E-state index >= 15 is 0 Å². The van der Waals surface area contributed by atoms with Gasteiger partial charge < -0.3 is 15.1 Å². The van der Waals surface area contributed by atoms with E-state index in [0.29, 0.717) is 0 Å². The van der Waals surface area contributed by atoms with Gasteiger partial charge >= 0.3 is 0 Å². The van der Waals surface area contributed by atoms with Crippen LogP contribution in [0.1, 0.15) is 32.1 Å². The van der Waals surface area contributed by atoms with Gasteiger partial charge in [0.05, 0.1) is 0 Å². The van der Waals surface area contributed by atoms with Crippen molar-refractivity contribution in [1.82, 2.24) is 15.1 Å². The van der Waals surface area contributed by atoms with Crippen LogP contribution >= 0.6 is 12.2 Å². The van der Waals surface area contributed by atoms with Gasteiger partial charge in [0.25, 0.3) is 0 Å². The standard InChI is InChI=1S/C12H25N3S/c1-14(2)9-7-8-13-12(16)15-10-5-3-4-6-11-15/h3-11H2,1-2H3,(H,13,16). The van der Waals surface area contributed by atoms with Crippen molar-refractivity contribution < 1.29 is 0 Å². The maximum atomic E-state index is 5.41. The molecule has 1 heterocycles. The lowest BCUT2D eigenvalue weighted by molar-refractivity contribution is 0.393. The molecule has 0 unspecified atom stereocenters. The number of nitrogens with zero attached hydrogens (tertiary/aromatic N) is 2. The van der Waals surface area contributed by atoms with Crippen molar-refractivity contribution >= 4 is 17.3 Å². The van der Waals surface area contributed by atoms with Crippen LogP contribution in [0.2, 0.25) is 0 Å². The second-order valence-corrected chi connectivity index (χ2v) is 5.18. The minimum Gasteiger partial charge on any atom is -0.363 e. The molecule has 0 aliphatic carbocycles. The number of hydrogen-bond donors (Lipinski definition) is 1. The molecule has 0 aromatic carbocycles. The molecule has 1 aliphatic rings. The van der Waals surface area contributed by atoms with Gasteiger partial charge in [-0.25, -0.2) is 0 Å². The fourth-order valence-electron chi connectivity index (χ4n) is 1.98. The van der Waals surface area contributed by atoms with Crippen LogP contribution in [-0.2, 0) is 0 Å². The van der Waals surface area contributed by atoms with Crippen molar-refractivity contribution in [3.05, 3.63) is 0 Å². The highest BCUT2D eigenvalue weighted by Gasteiger charge is 2.11. The third kappa shape index (κ3) is 5.66. The molecule has 0 spiro atoms. The number of nitrogens with one attached hydrogen (secondary N) is 1. The molecule has 1 fully saturated rings. The lowest BCUT2D eigenvalue weighted by Gasteiger charge is -2.24. The van der Waals surface area contributed by atoms with Gasteiger partial charge in [-0.05, 0) is 52.1 Å². The Labute approximate surface area is 105 Å². The van der Waals surface area contributed by atoms with Crippen LogP contribution < -0.4 is 5.32 Å². The zero-order chi connectivity index (χ0) is 11.8. The van der Waals surface area contributed by atoms with Crippen LogP contribution in [0.3, 0.4) is 0 Å². The van der Waals surface area contributed by atoms with Crippen molar-refractivity contribution in [2.45, 2.75) is 32.1 Å². The highest BCUT2D eigenvalue weighted by atomic mass is 32.1. The fourth-order valence-corrected chi connectivity index (χ4v) is 2.26. The molecule has 0 amide bonds. The third-order valence-corrected chi connectivity index (χ3v) is 3.35. The van der Waals surface area contributed by atoms with Crippen molar-refractivity contribution in [3.8, 4) is 0 Å². The largest absolute Gasteiger partial charge is 0.363 e. The number of likely N-dealkylation sites (tertiary alicyclic amines) is 1. The second kappa shape index (κ2) is 7.85. The van der Waals surface area contributed by atoms with E-state index in [-0.39, 0.29) is 0 Å². The average Bonchev–Trinajstić information content (AvgIpc) is 2.52. The lowest BCUT2D eigenvalue weighted by atomic mass is 10.2. The van der Waals surface area contributed by atoms with Crippen LogP contribution in [0.15, 0.2) is 0 Å². The normalized spacial score (nSPS) is 17.3. The monoisotopic (exact) mass is 243 g/mol. The molecule has 0 bridgehead atoms. The van der Waals surface area contributed by atoms with Gasteiger partial charge in [0.15, 0.2) is 5.11 Å². The SMILES string of the molecule is CN(C)CCCNC(=S)N1CCCCCC1. The van der Waals surface area contributed by atoms with Crippen LogP contribution in [-0.4, -0.2) is 55.2 Å². The molecule has 0 radical (unpaired) electrons. The Morgan fingerprint density at radius 2 is 1.81 bits per heavy atom. The summed E-state index contributed by atoms with van der Waals surface area (Å²) >= 11 is 5.41. The molecule has 0 atom stereocenters. The Kier molecular flexibility index (Phi) is 6.73. The van der Waals surface area contributed by atoms with Gasteiger partial charge in [-0.2, -0.15) is 0 Å². The maximum Gasteiger partial charge on any atom is 0.168 e. The van der Waals surface area contributed by atoms with Crippen LogP contribution in [0.5, 0.6) is 0 Å². The minimum absolute atomic E-state index is 0.959. The molecule has 94 valence electrons. The number of hydrogen-bond acceptors (Lipinski definition) is 2. The first-order valence-electron chi connectivity index (χ1n) is 6.37. The first kappa shape index (κ1) is 13.7. The van der Waals surface area contributed by atoms with E-state index in [0.717, 1.165) is 37.7 Å². The molecule has 1 N–H and O–H groups in total. The summed E-state index contributed by atoms with van der Waals surface area (Å²) in [6.45, 7) is 4.39. The minimum atomic E-state index is 0.959. The summed E-state index contributed by atoms with van der Waals surface area (Å²) in [5, 5.41) is 4.33. The molecular weight excluding hydrogens is 218 g/mol. The molecule has 4 heteroatoms. The van der Waals surface area contributed by atoms with Crippen molar-refractivity contribution in [2.24, 2.45) is 0 Å². The smallest absolute Gasteiger partial charge is 0.168 e. The summed E-state index contributed by atoms with van der Waals surface area (Å²) in [6.07, 6.45) is 6.46. The molecule has 1 saturated heterocycles. The predicted molar refractivity (Wildman–Crippen MR) is 73.8 cm³/mol. The zero-order valence-corrected chi connectivity index (χ0v) is 11.5. The summed E-state index contributed by atoms with van der Waals surface area (Å²) in [7, 11) is 4.21. The summed E-state index contributed by atoms with van der Waals surface area (Å²) in [6, 6.07) is 0. The second-order valence-electron chi connectivity index (χ2n) is 4.79. The maximum absolute atomic E-state index is 5.41. The van der Waals surface area contributed by atoms with Crippen LogP contribution in [0, 0.1) is 0 Å². The van der Waals surface area contributed by atoms with E-state index in [9.17, 15) is 0 Å². The summed E-state index contributed by atoms with van der Waals surface area (Å²) in [4.78, 5) is 4.54. The van der Waals surface area contributed by atoms with Gasteiger partial charge in [-0.15, -0.1) is 0 Å². The fraction of sp³-hybridized carbons (Fsp3) is 0.917. The highest BCUT2D eigenvalue weighted by Crippen LogP contribution is 2.09. The molecule has 1 rings (SSSR count). The van der Waals surface area contributed by atoms with Crippen LogP contribution in [0.25, 0.3) is 0 Å². The van der Waals surface area contributed by atoms with Crippen molar-refractivity contribution in [2.75, 3.05) is 40.3 Å². The molecule has 0 saturated carbocycles. The zero-order valence-electron chi connectivity index (χ0n) is 10.7. The molecular formula is C12H25N3S. The van der Waals surface area contributed by atoms with Gasteiger partial charge in [-0.3, -0.25) is 0 Å². The molecule has 3 nitrogen and oxygen atoms in total. The Bertz CT molecular complexity index is 198. The highest BCUT2D eigenvalue weighted by molar-refractivity contribution is 7.80. The van der Waals surface area contributed by atoms with Crippen molar-refractivity contribution in [1.29, 1.82) is 0 Å². The average molecular weight is 243 g/mol. The Hall–Kier alpha value is -0.350. The molecule has 16 heavy (non-hydrogen) atoms. The Balaban J connectivity index is 2.13.